The lowest BCUT2D eigenvalue weighted by atomic mass is 10.1. The highest BCUT2D eigenvalue weighted by molar-refractivity contribution is 5.97. The molecule has 0 radical (unpaired) electrons. The molecule has 118 valence electrons. The van der Waals surface area contributed by atoms with E-state index in [-0.39, 0.29) is 5.91 Å². The Bertz CT molecular complexity index is 446. The van der Waals surface area contributed by atoms with E-state index in [1.54, 1.807) is 25.3 Å². The number of carbonyl (C=O) groups excluding carboxylic acids is 1. The van der Waals surface area contributed by atoms with E-state index in [1.807, 2.05) is 0 Å². The van der Waals surface area contributed by atoms with Gasteiger partial charge >= 0.3 is 0 Å². The maximum Gasteiger partial charge on any atom is 0.255 e. The molecular formula is C16H25NO4. The van der Waals surface area contributed by atoms with Gasteiger partial charge in [0.1, 0.15) is 0 Å². The number of ether oxygens (including phenoxy) is 3. The second-order valence-corrected chi connectivity index (χ2v) is 5.12. The van der Waals surface area contributed by atoms with E-state index in [0.717, 1.165) is 13.0 Å². The van der Waals surface area contributed by atoms with Crippen molar-refractivity contribution in [3.05, 3.63) is 23.8 Å². The maximum atomic E-state index is 12.1. The quantitative estimate of drug-likeness (QED) is 0.711. The molecule has 5 heteroatoms. The normalized spacial score (nSPS) is 10.5. The number of benzene rings is 1. The minimum absolute atomic E-state index is 0.172. The second-order valence-electron chi connectivity index (χ2n) is 5.12. The van der Waals surface area contributed by atoms with Gasteiger partial charge in [-0.2, -0.15) is 0 Å². The molecule has 0 fully saturated rings. The van der Waals surface area contributed by atoms with Crippen molar-refractivity contribution in [3.63, 3.8) is 0 Å². The number of amides is 1. The molecule has 0 aliphatic heterocycles. The smallest absolute Gasteiger partial charge is 0.255 e. The number of rotatable bonds is 9. The fourth-order valence-electron chi connectivity index (χ4n) is 1.86. The third-order valence-corrected chi connectivity index (χ3v) is 2.85. The van der Waals surface area contributed by atoms with Crippen LogP contribution < -0.4 is 14.8 Å². The van der Waals surface area contributed by atoms with Crippen LogP contribution in [0.2, 0.25) is 0 Å². The van der Waals surface area contributed by atoms with Crippen LogP contribution in [0, 0.1) is 5.92 Å². The van der Waals surface area contributed by atoms with Crippen molar-refractivity contribution in [2.24, 2.45) is 5.92 Å². The number of methoxy groups -OCH3 is 2. The SMILES string of the molecule is COc1cccc(C(=O)NCCCOCC(C)C)c1OC. The average molecular weight is 295 g/mol. The molecule has 0 aliphatic rings. The maximum absolute atomic E-state index is 12.1. The molecule has 0 saturated heterocycles. The van der Waals surface area contributed by atoms with E-state index >= 15 is 0 Å². The third kappa shape index (κ3) is 5.63. The monoisotopic (exact) mass is 295 g/mol. The van der Waals surface area contributed by atoms with E-state index in [0.29, 0.717) is 36.1 Å². The Kier molecular flexibility index (Phi) is 7.61. The molecule has 0 aliphatic carbocycles. The summed E-state index contributed by atoms with van der Waals surface area (Å²) in [4.78, 5) is 12.1. The first kappa shape index (κ1) is 17.3. The van der Waals surface area contributed by atoms with Crippen LogP contribution in [-0.2, 0) is 4.74 Å². The molecule has 1 amide bonds. The van der Waals surface area contributed by atoms with Crippen molar-refractivity contribution in [2.45, 2.75) is 20.3 Å². The van der Waals surface area contributed by atoms with Gasteiger partial charge < -0.3 is 19.5 Å². The summed E-state index contributed by atoms with van der Waals surface area (Å²) < 4.78 is 15.9. The minimum Gasteiger partial charge on any atom is -0.493 e. The first-order valence-electron chi connectivity index (χ1n) is 7.17. The lowest BCUT2D eigenvalue weighted by molar-refractivity contribution is 0.0922. The second kappa shape index (κ2) is 9.23. The zero-order valence-electron chi connectivity index (χ0n) is 13.3. The van der Waals surface area contributed by atoms with Crippen LogP contribution in [0.3, 0.4) is 0 Å². The van der Waals surface area contributed by atoms with Gasteiger partial charge in [0.25, 0.3) is 5.91 Å². The van der Waals surface area contributed by atoms with Crippen molar-refractivity contribution >= 4 is 5.91 Å². The van der Waals surface area contributed by atoms with Gasteiger partial charge in [-0.3, -0.25) is 4.79 Å². The van der Waals surface area contributed by atoms with Gasteiger partial charge in [-0.15, -0.1) is 0 Å². The highest BCUT2D eigenvalue weighted by Gasteiger charge is 2.15. The Labute approximate surface area is 126 Å². The fourth-order valence-corrected chi connectivity index (χ4v) is 1.86. The van der Waals surface area contributed by atoms with Crippen LogP contribution in [-0.4, -0.2) is 39.9 Å². The lowest BCUT2D eigenvalue weighted by Gasteiger charge is -2.12. The molecule has 1 aromatic rings. The van der Waals surface area contributed by atoms with E-state index in [1.165, 1.54) is 7.11 Å². The molecule has 0 spiro atoms. The number of hydrogen-bond donors (Lipinski definition) is 1. The van der Waals surface area contributed by atoms with Crippen molar-refractivity contribution in [1.82, 2.24) is 5.32 Å². The van der Waals surface area contributed by atoms with Crippen LogP contribution in [0.4, 0.5) is 0 Å². The van der Waals surface area contributed by atoms with Gasteiger partial charge in [0, 0.05) is 19.8 Å². The van der Waals surface area contributed by atoms with Crippen LogP contribution in [0.25, 0.3) is 0 Å². The fraction of sp³-hybridized carbons (Fsp3) is 0.562. The van der Waals surface area contributed by atoms with Crippen molar-refractivity contribution < 1.29 is 19.0 Å². The van der Waals surface area contributed by atoms with Gasteiger partial charge in [-0.25, -0.2) is 0 Å². The summed E-state index contributed by atoms with van der Waals surface area (Å²) in [7, 11) is 3.07. The Balaban J connectivity index is 2.45. The predicted octanol–water partition coefficient (Wildman–Crippen LogP) is 2.50. The molecule has 0 saturated carbocycles. The summed E-state index contributed by atoms with van der Waals surface area (Å²) in [5.74, 6) is 1.36. The third-order valence-electron chi connectivity index (χ3n) is 2.85. The summed E-state index contributed by atoms with van der Waals surface area (Å²) >= 11 is 0. The van der Waals surface area contributed by atoms with Gasteiger partial charge in [0.15, 0.2) is 11.5 Å². The number of hydrogen-bond acceptors (Lipinski definition) is 4. The number of nitrogens with one attached hydrogen (secondary N) is 1. The molecule has 0 unspecified atom stereocenters. The highest BCUT2D eigenvalue weighted by atomic mass is 16.5. The predicted molar refractivity (Wildman–Crippen MR) is 82.2 cm³/mol. The molecular weight excluding hydrogens is 270 g/mol. The van der Waals surface area contributed by atoms with E-state index in [9.17, 15) is 4.79 Å². The molecule has 0 heterocycles. The standard InChI is InChI=1S/C16H25NO4/c1-12(2)11-21-10-6-9-17-16(18)13-7-5-8-14(19-3)15(13)20-4/h5,7-8,12H,6,9-11H2,1-4H3,(H,17,18). The lowest BCUT2D eigenvalue weighted by Crippen LogP contribution is -2.26. The van der Waals surface area contributed by atoms with Crippen LogP contribution >= 0.6 is 0 Å². The summed E-state index contributed by atoms with van der Waals surface area (Å²) in [6, 6.07) is 5.24. The minimum atomic E-state index is -0.172. The topological polar surface area (TPSA) is 56.8 Å². The van der Waals surface area contributed by atoms with Gasteiger partial charge in [0.05, 0.1) is 19.8 Å². The van der Waals surface area contributed by atoms with Gasteiger partial charge in [-0.05, 0) is 24.5 Å². The molecule has 1 N–H and O–H groups in total. The van der Waals surface area contributed by atoms with Crippen LogP contribution in [0.15, 0.2) is 18.2 Å². The van der Waals surface area contributed by atoms with Gasteiger partial charge in [-0.1, -0.05) is 19.9 Å². The largest absolute Gasteiger partial charge is 0.493 e. The zero-order valence-corrected chi connectivity index (χ0v) is 13.3. The zero-order chi connectivity index (χ0) is 15.7. The Morgan fingerprint density at radius 3 is 2.62 bits per heavy atom. The average Bonchev–Trinajstić information content (AvgIpc) is 2.49. The molecule has 0 bridgehead atoms. The molecule has 0 atom stereocenters. The van der Waals surface area contributed by atoms with Crippen LogP contribution in [0.5, 0.6) is 11.5 Å². The summed E-state index contributed by atoms with van der Waals surface area (Å²) in [5, 5.41) is 2.86. The molecule has 1 aromatic carbocycles. The molecule has 1 rings (SSSR count). The summed E-state index contributed by atoms with van der Waals surface area (Å²) in [6.45, 7) is 6.18. The highest BCUT2D eigenvalue weighted by Crippen LogP contribution is 2.30. The van der Waals surface area contributed by atoms with E-state index < -0.39 is 0 Å². The Morgan fingerprint density at radius 1 is 1.24 bits per heavy atom. The molecule has 0 aromatic heterocycles. The first-order valence-corrected chi connectivity index (χ1v) is 7.17. The number of para-hydroxylation sites is 1. The van der Waals surface area contributed by atoms with E-state index in [4.69, 9.17) is 14.2 Å². The molecule has 5 nitrogen and oxygen atoms in total. The summed E-state index contributed by atoms with van der Waals surface area (Å²) in [6.07, 6.45) is 0.782. The Morgan fingerprint density at radius 2 is 2.00 bits per heavy atom. The first-order chi connectivity index (χ1) is 10.1. The van der Waals surface area contributed by atoms with Crippen molar-refractivity contribution in [1.29, 1.82) is 0 Å². The Hall–Kier alpha value is -1.75. The van der Waals surface area contributed by atoms with Crippen molar-refractivity contribution in [3.8, 4) is 11.5 Å². The molecule has 21 heavy (non-hydrogen) atoms. The summed E-state index contributed by atoms with van der Waals surface area (Å²) in [5.41, 5.74) is 0.472. The van der Waals surface area contributed by atoms with Gasteiger partial charge in [0.2, 0.25) is 0 Å². The number of carbonyl (C=O) groups is 1. The van der Waals surface area contributed by atoms with Crippen molar-refractivity contribution in [2.75, 3.05) is 34.0 Å². The van der Waals surface area contributed by atoms with Crippen LogP contribution in [0.1, 0.15) is 30.6 Å². The van der Waals surface area contributed by atoms with E-state index in [2.05, 4.69) is 19.2 Å².